The smallest absolute Gasteiger partial charge is 0.162 e. The molecule has 4 N–H and O–H groups in total. The first-order chi connectivity index (χ1) is 57.4. The lowest BCUT2D eigenvalue weighted by atomic mass is 9.68. The number of rotatable bonds is 8. The van der Waals surface area contributed by atoms with E-state index in [1.54, 1.807) is 7.11 Å². The maximum atomic E-state index is 13.5. The lowest BCUT2D eigenvalue weighted by Gasteiger charge is -2.40. The van der Waals surface area contributed by atoms with Gasteiger partial charge in [-0.3, -0.25) is 34.1 Å². The predicted octanol–water partition coefficient (Wildman–Crippen LogP) is 24.7. The van der Waals surface area contributed by atoms with Crippen LogP contribution in [0.1, 0.15) is 193 Å². The summed E-state index contributed by atoms with van der Waals surface area (Å²) in [6, 6.07) is 66.8. The van der Waals surface area contributed by atoms with Gasteiger partial charge in [-0.25, -0.2) is 0 Å². The fourth-order valence-electron chi connectivity index (χ4n) is 20.0. The Balaban J connectivity index is 0.000000114. The Kier molecular flexibility index (Phi) is 21.1. The number of pyridine rings is 3. The van der Waals surface area contributed by atoms with Crippen molar-refractivity contribution in [1.82, 2.24) is 15.0 Å². The summed E-state index contributed by atoms with van der Waals surface area (Å²) in [7, 11) is 7.85. The summed E-state index contributed by atoms with van der Waals surface area (Å²) in [5.74, 6) is 1.85. The van der Waals surface area contributed by atoms with E-state index in [4.69, 9.17) is 4.74 Å². The van der Waals surface area contributed by atoms with Gasteiger partial charge in [-0.15, -0.1) is 0 Å². The summed E-state index contributed by atoms with van der Waals surface area (Å²) < 4.78 is 6.59. The highest BCUT2D eigenvalue weighted by atomic mass is 79.9. The zero-order chi connectivity index (χ0) is 84.2. The van der Waals surface area contributed by atoms with E-state index in [2.05, 4.69) is 314 Å². The van der Waals surface area contributed by atoms with Gasteiger partial charge >= 0.3 is 0 Å². The number of ether oxygens (including phenoxy) is 1. The van der Waals surface area contributed by atoms with Gasteiger partial charge in [0.2, 0.25) is 0 Å². The molecule has 15 heteroatoms. The molecule has 4 aliphatic heterocycles. The molecular formula is C105H106BrN9O5. The van der Waals surface area contributed by atoms with Crippen molar-refractivity contribution in [2.75, 3.05) is 65.9 Å². The largest absolute Gasteiger partial charge is 0.496 e. The molecule has 0 spiro atoms. The van der Waals surface area contributed by atoms with E-state index < -0.39 is 0 Å². The second kappa shape index (κ2) is 31.4. The minimum Gasteiger partial charge on any atom is -0.496 e. The summed E-state index contributed by atoms with van der Waals surface area (Å²) in [5, 5.41) is 20.5. The summed E-state index contributed by atoms with van der Waals surface area (Å²) in [5.41, 5.74) is 29.2. The fourth-order valence-corrected chi connectivity index (χ4v) is 20.8. The summed E-state index contributed by atoms with van der Waals surface area (Å²) in [6.07, 6.45) is 11.4. The van der Waals surface area contributed by atoms with Crippen LogP contribution in [-0.4, -0.2) is 72.9 Å². The number of halogens is 1. The molecule has 9 aromatic carbocycles. The second-order valence-electron chi connectivity index (χ2n) is 37.4. The number of nitrogens with one attached hydrogen (secondary N) is 4. The van der Waals surface area contributed by atoms with Crippen LogP contribution in [0, 0.1) is 35.5 Å². The molecule has 7 heterocycles. The van der Waals surface area contributed by atoms with E-state index in [1.807, 2.05) is 57.8 Å². The predicted molar refractivity (Wildman–Crippen MR) is 497 cm³/mol. The maximum absolute atomic E-state index is 13.5. The van der Waals surface area contributed by atoms with Crippen LogP contribution in [0.2, 0.25) is 0 Å². The zero-order valence-electron chi connectivity index (χ0n) is 71.5. The number of anilines is 6. The minimum atomic E-state index is -0.160. The van der Waals surface area contributed by atoms with Crippen molar-refractivity contribution in [2.45, 2.75) is 152 Å². The van der Waals surface area contributed by atoms with Crippen LogP contribution in [-0.2, 0) is 19.2 Å². The van der Waals surface area contributed by atoms with Gasteiger partial charge in [-0.2, -0.15) is 0 Å². The Morgan fingerprint density at radius 1 is 0.400 bits per heavy atom. The molecule has 0 saturated heterocycles. The van der Waals surface area contributed by atoms with Crippen molar-refractivity contribution in [3.8, 4) is 5.75 Å². The van der Waals surface area contributed by atoms with Crippen molar-refractivity contribution >= 4 is 139 Å². The van der Waals surface area contributed by atoms with Gasteiger partial charge in [0.15, 0.2) is 23.1 Å². The van der Waals surface area contributed by atoms with Crippen LogP contribution in [0.3, 0.4) is 0 Å². The van der Waals surface area contributed by atoms with Gasteiger partial charge in [0.05, 0.1) is 53.5 Å². The third kappa shape index (κ3) is 15.2. The average molecular weight is 1650 g/mol. The first kappa shape index (κ1) is 80.6. The van der Waals surface area contributed by atoms with Crippen LogP contribution >= 0.6 is 15.9 Å². The van der Waals surface area contributed by atoms with Gasteiger partial charge in [0.25, 0.3) is 0 Å². The first-order valence-corrected chi connectivity index (χ1v) is 43.0. The number of methoxy groups -OCH3 is 1. The van der Waals surface area contributed by atoms with Crippen molar-refractivity contribution < 1.29 is 23.9 Å². The maximum Gasteiger partial charge on any atom is 0.162 e. The number of aryl methyl sites for hydroxylation is 2. The molecule has 0 radical (unpaired) electrons. The van der Waals surface area contributed by atoms with Crippen LogP contribution < -0.4 is 35.8 Å². The molecule has 4 atom stereocenters. The number of nitrogens with zero attached hydrogens (tertiary/aromatic N) is 5. The van der Waals surface area contributed by atoms with Gasteiger partial charge in [-0.1, -0.05) is 164 Å². The van der Waals surface area contributed by atoms with E-state index >= 15 is 0 Å². The monoisotopic (exact) mass is 1650 g/mol. The molecule has 14 nitrogen and oxygen atoms in total. The second-order valence-corrected chi connectivity index (χ2v) is 38.2. The molecule has 8 aliphatic rings. The lowest BCUT2D eigenvalue weighted by molar-refractivity contribution is -0.118. The number of hydrogen-bond donors (Lipinski definition) is 4. The van der Waals surface area contributed by atoms with E-state index in [0.29, 0.717) is 25.7 Å². The Labute approximate surface area is 713 Å². The normalized spacial score (nSPS) is 19.9. The summed E-state index contributed by atoms with van der Waals surface area (Å²) in [4.78, 5) is 71.7. The highest BCUT2D eigenvalue weighted by molar-refractivity contribution is 9.10. The Hall–Kier alpha value is -11.8. The van der Waals surface area contributed by atoms with E-state index in [9.17, 15) is 19.2 Å². The number of fused-ring (bicyclic) bond motifs is 16. The Morgan fingerprint density at radius 3 is 1.18 bits per heavy atom. The molecule has 3 aromatic heterocycles. The third-order valence-corrected chi connectivity index (χ3v) is 26.2. The number of ketones is 4. The molecule has 0 saturated carbocycles. The van der Waals surface area contributed by atoms with Crippen LogP contribution in [0.25, 0.3) is 65.8 Å². The van der Waals surface area contributed by atoms with Crippen molar-refractivity contribution in [3.63, 3.8) is 0 Å². The number of carbonyl (C=O) groups is 4. The number of Topliss-reactive ketones (excluding diaryl/α,β-unsaturated/α-hetero) is 4. The number of aromatic nitrogens is 3. The van der Waals surface area contributed by atoms with Crippen LogP contribution in [0.5, 0.6) is 5.75 Å². The number of hydrogen-bond acceptors (Lipinski definition) is 14. The Bertz CT molecular complexity index is 6380. The SMILES string of the molecule is CCN(C)c1ccc(C2Nc3ccc4ncccc4c3C3=C2C(=O)CC(C)(C)C3)cc1.CN(C)c1ccc(C2Nc3ccc4ncccc4c3C3=C2C(=O)CC(C)(C)C3)cc1Br.COc1cc(C2Nc3ccc4ccccc4c3C3=C2C(=O)CC(C)(C)C3)ccc1C.Cc1cccc(C2Nc3ccc4ncccc4c3C3=C2C(=O)CC(C)(C)C3)c1. The molecule has 20 rings (SSSR count). The average Bonchev–Trinajstić information content (AvgIpc) is 0.743. The molecule has 0 amide bonds. The molecule has 0 bridgehead atoms. The molecule has 4 unspecified atom stereocenters. The number of allylic oxidation sites excluding steroid dienone is 4. The first-order valence-electron chi connectivity index (χ1n) is 42.2. The van der Waals surface area contributed by atoms with E-state index in [1.165, 1.54) is 49.9 Å². The standard InChI is InChI=1S/C27H29N3O.C27H27NO2.C26H26BrN3O.C25H24N2O/c1-5-30(4)18-10-8-17(9-11-18)26-25-20(15-27(2,3)16-23(25)31)24-19-7-6-14-28-21(19)12-13-22(24)29-26;1-16-9-10-18(13-23(16)30-4)26-25-20(14-27(2,3)15-22(25)29)24-19-8-6-5-7-17(19)11-12-21(24)28-26;1-26(2)13-17-23-16-6-5-11-28-19(16)8-9-20(23)29-25(24(17)22(31)14-26)15-7-10-21(30(3)4)18(27)12-15;1-15-6-4-7-16(12-15)24-23-18(13-25(2,3)14-21(23)28)22-17-8-5-11-26-19(17)9-10-20(22)27-24/h6-14,26,29H,5,15-16H2,1-4H3;5-13,26,28H,14-15H2,1-4H3;5-12,25,29H,13-14H2,1-4H3;4-12,24,27H,13-14H2,1-3H3. The summed E-state index contributed by atoms with van der Waals surface area (Å²) in [6.45, 7) is 24.8. The third-order valence-electron chi connectivity index (χ3n) is 25.6. The molecule has 0 fully saturated rings. The highest BCUT2D eigenvalue weighted by Crippen LogP contribution is 2.58. The quantitative estimate of drug-likeness (QED) is 0.113. The molecule has 12 aromatic rings. The number of carbonyl (C=O) groups excluding carboxylic acids is 4. The zero-order valence-corrected chi connectivity index (χ0v) is 73.1. The summed E-state index contributed by atoms with van der Waals surface area (Å²) >= 11 is 3.72. The minimum absolute atomic E-state index is 0.0357. The molecule has 120 heavy (non-hydrogen) atoms. The Morgan fingerprint density at radius 2 is 0.775 bits per heavy atom. The van der Waals surface area contributed by atoms with Gasteiger partial charge in [0.1, 0.15) is 5.75 Å². The fraction of sp³-hybridized carbons (Fsp3) is 0.305. The van der Waals surface area contributed by atoms with Crippen molar-refractivity contribution in [2.24, 2.45) is 21.7 Å². The van der Waals surface area contributed by atoms with Crippen molar-refractivity contribution in [3.05, 3.63) is 295 Å². The number of benzene rings is 9. The highest BCUT2D eigenvalue weighted by Gasteiger charge is 2.46. The lowest BCUT2D eigenvalue weighted by Crippen LogP contribution is -2.33. The molecule has 608 valence electrons. The topological polar surface area (TPSA) is 171 Å². The van der Waals surface area contributed by atoms with Gasteiger partial charge < -0.3 is 35.8 Å². The van der Waals surface area contributed by atoms with E-state index in [0.717, 1.165) is 170 Å². The van der Waals surface area contributed by atoms with Gasteiger partial charge in [0, 0.05) is 166 Å². The van der Waals surface area contributed by atoms with E-state index in [-0.39, 0.29) is 69.0 Å². The van der Waals surface area contributed by atoms with Crippen LogP contribution in [0.4, 0.5) is 34.1 Å². The van der Waals surface area contributed by atoms with Crippen LogP contribution in [0.15, 0.2) is 239 Å². The van der Waals surface area contributed by atoms with Crippen molar-refractivity contribution in [1.29, 1.82) is 0 Å². The van der Waals surface area contributed by atoms with Gasteiger partial charge in [-0.05, 0) is 236 Å². The molecular weight excluding hydrogens is 1550 g/mol. The molecule has 4 aliphatic carbocycles.